The van der Waals surface area contributed by atoms with E-state index in [0.717, 1.165) is 11.3 Å². The molecular weight excluding hydrogens is 224 g/mol. The molecule has 3 nitrogen and oxygen atoms in total. The molecule has 0 bridgehead atoms. The van der Waals surface area contributed by atoms with E-state index in [2.05, 4.69) is 5.32 Å². The van der Waals surface area contributed by atoms with E-state index < -0.39 is 0 Å². The second-order valence-corrected chi connectivity index (χ2v) is 5.49. The summed E-state index contributed by atoms with van der Waals surface area (Å²) in [7, 11) is 0. The second kappa shape index (κ2) is 4.73. The van der Waals surface area contributed by atoms with Crippen LogP contribution < -0.4 is 11.1 Å². The zero-order chi connectivity index (χ0) is 12.5. The van der Waals surface area contributed by atoms with Crippen molar-refractivity contribution in [3.63, 3.8) is 0 Å². The van der Waals surface area contributed by atoms with Gasteiger partial charge in [-0.25, -0.2) is 0 Å². The summed E-state index contributed by atoms with van der Waals surface area (Å²) in [6.45, 7) is 0.466. The SMILES string of the molecule is NCc1ccccc1NC(=O)C1C2CCCCC21. The monoisotopic (exact) mass is 244 g/mol. The molecule has 1 aromatic rings. The first-order chi connectivity index (χ1) is 8.81. The Hall–Kier alpha value is -1.35. The predicted molar refractivity (Wildman–Crippen MR) is 71.9 cm³/mol. The number of anilines is 1. The minimum Gasteiger partial charge on any atom is -0.326 e. The average molecular weight is 244 g/mol. The van der Waals surface area contributed by atoms with Crippen LogP contribution in [-0.2, 0) is 11.3 Å². The average Bonchev–Trinajstić information content (AvgIpc) is 3.13. The van der Waals surface area contributed by atoms with Crippen molar-refractivity contribution in [1.29, 1.82) is 0 Å². The number of rotatable bonds is 3. The van der Waals surface area contributed by atoms with Crippen LogP contribution >= 0.6 is 0 Å². The standard InChI is InChI=1S/C15H20N2O/c16-9-10-5-1-4-8-13(10)17-15(18)14-11-6-2-3-7-12(11)14/h1,4-5,8,11-12,14H,2-3,6-7,9,16H2,(H,17,18). The molecule has 3 N–H and O–H groups in total. The molecular formula is C15H20N2O. The Labute approximate surface area is 108 Å². The number of nitrogens with two attached hydrogens (primary N) is 1. The number of fused-ring (bicyclic) bond motifs is 1. The molecule has 0 radical (unpaired) electrons. The lowest BCUT2D eigenvalue weighted by atomic mass is 10.0. The van der Waals surface area contributed by atoms with Gasteiger partial charge in [-0.15, -0.1) is 0 Å². The summed E-state index contributed by atoms with van der Waals surface area (Å²) in [5.74, 6) is 1.78. The fraction of sp³-hybridized carbons (Fsp3) is 0.533. The van der Waals surface area contributed by atoms with Crippen LogP contribution in [0.2, 0.25) is 0 Å². The first-order valence-electron chi connectivity index (χ1n) is 6.90. The molecule has 3 rings (SSSR count). The highest BCUT2D eigenvalue weighted by molar-refractivity contribution is 5.95. The van der Waals surface area contributed by atoms with Crippen LogP contribution in [0.5, 0.6) is 0 Å². The van der Waals surface area contributed by atoms with Gasteiger partial charge < -0.3 is 11.1 Å². The van der Waals surface area contributed by atoms with Gasteiger partial charge in [0.1, 0.15) is 0 Å². The van der Waals surface area contributed by atoms with Gasteiger partial charge in [-0.1, -0.05) is 31.0 Å². The molecule has 2 aliphatic rings. The second-order valence-electron chi connectivity index (χ2n) is 5.49. The molecule has 0 saturated heterocycles. The van der Waals surface area contributed by atoms with Crippen LogP contribution in [0.15, 0.2) is 24.3 Å². The number of nitrogens with one attached hydrogen (secondary N) is 1. The van der Waals surface area contributed by atoms with Gasteiger partial charge in [-0.2, -0.15) is 0 Å². The van der Waals surface area contributed by atoms with Gasteiger partial charge in [-0.3, -0.25) is 4.79 Å². The van der Waals surface area contributed by atoms with Crippen LogP contribution in [0.1, 0.15) is 31.2 Å². The minimum atomic E-state index is 0.202. The molecule has 0 spiro atoms. The van der Waals surface area contributed by atoms with Crippen molar-refractivity contribution in [2.24, 2.45) is 23.5 Å². The molecule has 2 unspecified atom stereocenters. The van der Waals surface area contributed by atoms with Crippen molar-refractivity contribution < 1.29 is 4.79 Å². The van der Waals surface area contributed by atoms with Crippen molar-refractivity contribution in [3.05, 3.63) is 29.8 Å². The quantitative estimate of drug-likeness (QED) is 0.858. The Kier molecular flexibility index (Phi) is 3.08. The third-order valence-electron chi connectivity index (χ3n) is 4.45. The Balaban J connectivity index is 1.68. The molecule has 1 aromatic carbocycles. The number of hydrogen-bond acceptors (Lipinski definition) is 2. The Bertz CT molecular complexity index is 446. The molecule has 2 fully saturated rings. The lowest BCUT2D eigenvalue weighted by molar-refractivity contribution is -0.117. The molecule has 2 saturated carbocycles. The Morgan fingerprint density at radius 3 is 2.56 bits per heavy atom. The first kappa shape index (κ1) is 11.7. The molecule has 2 aliphatic carbocycles. The van der Waals surface area contributed by atoms with Crippen molar-refractivity contribution in [2.45, 2.75) is 32.2 Å². The number of amides is 1. The van der Waals surface area contributed by atoms with Gasteiger partial charge in [0.05, 0.1) is 0 Å². The number of carbonyl (C=O) groups excluding carboxylic acids is 1. The Morgan fingerprint density at radius 2 is 1.89 bits per heavy atom. The maximum Gasteiger partial charge on any atom is 0.228 e. The van der Waals surface area contributed by atoms with Gasteiger partial charge in [-0.05, 0) is 36.3 Å². The fourth-order valence-corrected chi connectivity index (χ4v) is 3.42. The smallest absolute Gasteiger partial charge is 0.228 e. The highest BCUT2D eigenvalue weighted by atomic mass is 16.2. The van der Waals surface area contributed by atoms with Crippen LogP contribution in [0.3, 0.4) is 0 Å². The third-order valence-corrected chi connectivity index (χ3v) is 4.45. The summed E-state index contributed by atoms with van der Waals surface area (Å²) in [6.07, 6.45) is 5.07. The van der Waals surface area contributed by atoms with Gasteiger partial charge >= 0.3 is 0 Å². The zero-order valence-electron chi connectivity index (χ0n) is 10.6. The van der Waals surface area contributed by atoms with Crippen molar-refractivity contribution >= 4 is 11.6 Å². The van der Waals surface area contributed by atoms with E-state index in [1.54, 1.807) is 0 Å². The van der Waals surface area contributed by atoms with Crippen molar-refractivity contribution in [2.75, 3.05) is 5.32 Å². The van der Waals surface area contributed by atoms with Crippen LogP contribution in [-0.4, -0.2) is 5.91 Å². The molecule has 1 amide bonds. The van der Waals surface area contributed by atoms with Crippen LogP contribution in [0, 0.1) is 17.8 Å². The van der Waals surface area contributed by atoms with Gasteiger partial charge in [0.2, 0.25) is 5.91 Å². The molecule has 2 atom stereocenters. The highest BCUT2D eigenvalue weighted by Crippen LogP contribution is 2.55. The maximum atomic E-state index is 12.3. The van der Waals surface area contributed by atoms with Gasteiger partial charge in [0.15, 0.2) is 0 Å². The van der Waals surface area contributed by atoms with E-state index in [0.29, 0.717) is 18.4 Å². The molecule has 3 heteroatoms. The largest absolute Gasteiger partial charge is 0.326 e. The van der Waals surface area contributed by atoms with Crippen molar-refractivity contribution in [1.82, 2.24) is 0 Å². The van der Waals surface area contributed by atoms with Crippen LogP contribution in [0.4, 0.5) is 5.69 Å². The fourth-order valence-electron chi connectivity index (χ4n) is 3.42. The molecule has 0 heterocycles. The molecule has 0 aliphatic heterocycles. The summed E-state index contributed by atoms with van der Waals surface area (Å²) < 4.78 is 0. The maximum absolute atomic E-state index is 12.3. The topological polar surface area (TPSA) is 55.1 Å². The highest BCUT2D eigenvalue weighted by Gasteiger charge is 2.54. The number of para-hydroxylation sites is 1. The van der Waals surface area contributed by atoms with Crippen molar-refractivity contribution in [3.8, 4) is 0 Å². The third kappa shape index (κ3) is 2.03. The predicted octanol–water partition coefficient (Wildman–Crippen LogP) is 2.52. The summed E-state index contributed by atoms with van der Waals surface area (Å²) in [6, 6.07) is 7.80. The van der Waals surface area contributed by atoms with E-state index in [4.69, 9.17) is 5.73 Å². The van der Waals surface area contributed by atoms with Gasteiger partial charge in [0, 0.05) is 18.2 Å². The summed E-state index contributed by atoms with van der Waals surface area (Å²) in [4.78, 5) is 12.3. The molecule has 0 aromatic heterocycles. The first-order valence-corrected chi connectivity index (χ1v) is 6.90. The minimum absolute atomic E-state index is 0.202. The Morgan fingerprint density at radius 1 is 1.22 bits per heavy atom. The van der Waals surface area contributed by atoms with E-state index in [-0.39, 0.29) is 11.8 Å². The van der Waals surface area contributed by atoms with Crippen LogP contribution in [0.25, 0.3) is 0 Å². The molecule has 18 heavy (non-hydrogen) atoms. The summed E-state index contributed by atoms with van der Waals surface area (Å²) in [5, 5.41) is 3.06. The normalized spacial score (nSPS) is 29.5. The summed E-state index contributed by atoms with van der Waals surface area (Å²) >= 11 is 0. The van der Waals surface area contributed by atoms with E-state index in [1.807, 2.05) is 24.3 Å². The summed E-state index contributed by atoms with van der Waals surface area (Å²) in [5.41, 5.74) is 7.58. The van der Waals surface area contributed by atoms with Gasteiger partial charge in [0.25, 0.3) is 0 Å². The van der Waals surface area contributed by atoms with E-state index in [9.17, 15) is 4.79 Å². The van der Waals surface area contributed by atoms with E-state index >= 15 is 0 Å². The lowest BCUT2D eigenvalue weighted by Gasteiger charge is -2.09. The molecule has 96 valence electrons. The number of carbonyl (C=O) groups is 1. The number of hydrogen-bond donors (Lipinski definition) is 2. The number of benzene rings is 1. The zero-order valence-corrected chi connectivity index (χ0v) is 10.6. The lowest BCUT2D eigenvalue weighted by Crippen LogP contribution is -2.17. The van der Waals surface area contributed by atoms with E-state index in [1.165, 1.54) is 25.7 Å².